The molecule has 1 aliphatic heterocycles. The van der Waals surface area contributed by atoms with E-state index in [-0.39, 0.29) is 6.09 Å². The quantitative estimate of drug-likeness (QED) is 0.552. The van der Waals surface area contributed by atoms with Crippen LogP contribution in [-0.4, -0.2) is 30.7 Å². The van der Waals surface area contributed by atoms with Crippen LogP contribution in [0, 0.1) is 0 Å². The average molecular weight is 143 g/mol. The predicted octanol–water partition coefficient (Wildman–Crippen LogP) is 1.24. The van der Waals surface area contributed by atoms with E-state index in [9.17, 15) is 4.79 Å². The van der Waals surface area contributed by atoms with Crippen molar-refractivity contribution in [1.29, 1.82) is 0 Å². The summed E-state index contributed by atoms with van der Waals surface area (Å²) in [6.45, 7) is 4.18. The van der Waals surface area contributed by atoms with E-state index in [1.807, 2.05) is 6.92 Å². The Kier molecular flexibility index (Phi) is 2.54. The van der Waals surface area contributed by atoms with Crippen LogP contribution in [0.4, 0.5) is 4.79 Å². The molecule has 58 valence electrons. The molecule has 1 heterocycles. The minimum atomic E-state index is -0.153. The van der Waals surface area contributed by atoms with Gasteiger partial charge in [0, 0.05) is 13.1 Å². The third kappa shape index (κ3) is 1.62. The van der Waals surface area contributed by atoms with Crippen LogP contribution in [0.5, 0.6) is 0 Å². The number of hydrogen-bond donors (Lipinski definition) is 0. The molecule has 0 unspecified atom stereocenters. The van der Waals surface area contributed by atoms with Gasteiger partial charge in [-0.05, 0) is 19.8 Å². The van der Waals surface area contributed by atoms with Crippen molar-refractivity contribution in [1.82, 2.24) is 4.90 Å². The number of hydrogen-bond acceptors (Lipinski definition) is 2. The van der Waals surface area contributed by atoms with Crippen LogP contribution in [0.2, 0.25) is 0 Å². The van der Waals surface area contributed by atoms with Crippen molar-refractivity contribution in [2.45, 2.75) is 19.8 Å². The van der Waals surface area contributed by atoms with Crippen LogP contribution in [0.25, 0.3) is 0 Å². The van der Waals surface area contributed by atoms with Crippen molar-refractivity contribution >= 4 is 6.09 Å². The third-order valence-electron chi connectivity index (χ3n) is 1.69. The average Bonchev–Trinajstić information content (AvgIpc) is 2.13. The number of cyclic esters (lactones) is 1. The molecule has 0 aromatic carbocycles. The van der Waals surface area contributed by atoms with Crippen LogP contribution in [0.3, 0.4) is 0 Å². The lowest BCUT2D eigenvalue weighted by Gasteiger charge is -2.15. The van der Waals surface area contributed by atoms with E-state index in [4.69, 9.17) is 4.74 Å². The molecule has 0 aromatic rings. The smallest absolute Gasteiger partial charge is 0.409 e. The zero-order chi connectivity index (χ0) is 7.40. The van der Waals surface area contributed by atoms with Gasteiger partial charge in [0.1, 0.15) is 0 Å². The van der Waals surface area contributed by atoms with Crippen molar-refractivity contribution in [3.05, 3.63) is 0 Å². The third-order valence-corrected chi connectivity index (χ3v) is 1.69. The number of amides is 1. The molecule has 0 aliphatic carbocycles. The van der Waals surface area contributed by atoms with E-state index in [2.05, 4.69) is 0 Å². The molecule has 0 N–H and O–H groups in total. The lowest BCUT2D eigenvalue weighted by molar-refractivity contribution is 0.118. The second-order valence-corrected chi connectivity index (χ2v) is 2.40. The first-order chi connectivity index (χ1) is 4.84. The highest BCUT2D eigenvalue weighted by Gasteiger charge is 2.14. The van der Waals surface area contributed by atoms with Gasteiger partial charge in [-0.3, -0.25) is 0 Å². The maximum absolute atomic E-state index is 10.9. The zero-order valence-corrected chi connectivity index (χ0v) is 6.30. The van der Waals surface area contributed by atoms with E-state index < -0.39 is 0 Å². The topological polar surface area (TPSA) is 29.5 Å². The first-order valence-electron chi connectivity index (χ1n) is 3.76. The maximum atomic E-state index is 10.9. The van der Waals surface area contributed by atoms with Gasteiger partial charge in [-0.1, -0.05) is 0 Å². The van der Waals surface area contributed by atoms with Gasteiger partial charge in [-0.15, -0.1) is 0 Å². The maximum Gasteiger partial charge on any atom is 0.409 e. The molecule has 0 bridgehead atoms. The van der Waals surface area contributed by atoms with Gasteiger partial charge in [0.15, 0.2) is 0 Å². The molecule has 1 saturated heterocycles. The van der Waals surface area contributed by atoms with Crippen LogP contribution in [-0.2, 0) is 4.74 Å². The summed E-state index contributed by atoms with van der Waals surface area (Å²) in [7, 11) is 0. The molecule has 0 spiro atoms. The lowest BCUT2D eigenvalue weighted by Crippen LogP contribution is -2.30. The Balaban J connectivity index is 2.43. The van der Waals surface area contributed by atoms with Crippen molar-refractivity contribution in [2.75, 3.05) is 19.7 Å². The van der Waals surface area contributed by atoms with Gasteiger partial charge < -0.3 is 9.64 Å². The molecule has 3 nitrogen and oxygen atoms in total. The summed E-state index contributed by atoms with van der Waals surface area (Å²) in [6, 6.07) is 0. The monoisotopic (exact) mass is 143 g/mol. The molecular weight excluding hydrogens is 130 g/mol. The van der Waals surface area contributed by atoms with Crippen LogP contribution >= 0.6 is 0 Å². The molecule has 0 aromatic heterocycles. The van der Waals surface area contributed by atoms with Gasteiger partial charge in [-0.2, -0.15) is 0 Å². The Bertz CT molecular complexity index is 125. The van der Waals surface area contributed by atoms with Crippen molar-refractivity contribution in [3.8, 4) is 0 Å². The number of ether oxygens (including phenoxy) is 1. The van der Waals surface area contributed by atoms with Gasteiger partial charge >= 0.3 is 6.09 Å². The van der Waals surface area contributed by atoms with Gasteiger partial charge in [0.25, 0.3) is 0 Å². The summed E-state index contributed by atoms with van der Waals surface area (Å²) in [5, 5.41) is 0. The molecule has 3 heteroatoms. The fraction of sp³-hybridized carbons (Fsp3) is 0.857. The molecule has 0 atom stereocenters. The molecule has 1 aliphatic rings. The summed E-state index contributed by atoms with van der Waals surface area (Å²) in [5.74, 6) is 0. The molecule has 1 rings (SSSR count). The highest BCUT2D eigenvalue weighted by molar-refractivity contribution is 5.67. The second-order valence-electron chi connectivity index (χ2n) is 2.40. The Morgan fingerprint density at radius 2 is 2.40 bits per heavy atom. The van der Waals surface area contributed by atoms with Crippen LogP contribution < -0.4 is 0 Å². The Labute approximate surface area is 61.0 Å². The summed E-state index contributed by atoms with van der Waals surface area (Å²) in [6.07, 6.45) is 1.92. The lowest BCUT2D eigenvalue weighted by atomic mass is 10.3. The minimum Gasteiger partial charge on any atom is -0.449 e. The second kappa shape index (κ2) is 3.44. The first-order valence-corrected chi connectivity index (χ1v) is 3.76. The predicted molar refractivity (Wildman–Crippen MR) is 37.8 cm³/mol. The first kappa shape index (κ1) is 7.38. The van der Waals surface area contributed by atoms with E-state index in [0.717, 1.165) is 25.9 Å². The largest absolute Gasteiger partial charge is 0.449 e. The fourth-order valence-electron chi connectivity index (χ4n) is 1.03. The molecule has 10 heavy (non-hydrogen) atoms. The normalized spacial score (nSPS) is 20.1. The molecule has 0 radical (unpaired) electrons. The van der Waals surface area contributed by atoms with E-state index in [1.165, 1.54) is 0 Å². The highest BCUT2D eigenvalue weighted by Crippen LogP contribution is 2.04. The van der Waals surface area contributed by atoms with Gasteiger partial charge in [0.05, 0.1) is 6.61 Å². The van der Waals surface area contributed by atoms with E-state index in [1.54, 1.807) is 4.90 Å². The molecule has 0 saturated carbocycles. The zero-order valence-electron chi connectivity index (χ0n) is 6.30. The molecule has 1 fully saturated rings. The van der Waals surface area contributed by atoms with E-state index in [0.29, 0.717) is 6.61 Å². The van der Waals surface area contributed by atoms with Gasteiger partial charge in [0.2, 0.25) is 0 Å². The number of carbonyl (C=O) groups is 1. The van der Waals surface area contributed by atoms with Crippen molar-refractivity contribution in [3.63, 3.8) is 0 Å². The molecule has 1 amide bonds. The van der Waals surface area contributed by atoms with E-state index >= 15 is 0 Å². The van der Waals surface area contributed by atoms with Crippen LogP contribution in [0.15, 0.2) is 0 Å². The Hall–Kier alpha value is -0.730. The summed E-state index contributed by atoms with van der Waals surface area (Å²) in [5.41, 5.74) is 0. The number of carbonyl (C=O) groups excluding carboxylic acids is 1. The van der Waals surface area contributed by atoms with Crippen LogP contribution in [0.1, 0.15) is 19.8 Å². The van der Waals surface area contributed by atoms with Crippen molar-refractivity contribution < 1.29 is 9.53 Å². The Morgan fingerprint density at radius 1 is 1.60 bits per heavy atom. The fourth-order valence-corrected chi connectivity index (χ4v) is 1.03. The Morgan fingerprint density at radius 3 is 3.10 bits per heavy atom. The minimum absolute atomic E-state index is 0.153. The number of nitrogens with zero attached hydrogens (tertiary/aromatic N) is 1. The van der Waals surface area contributed by atoms with Gasteiger partial charge in [-0.25, -0.2) is 4.79 Å². The number of rotatable bonds is 1. The molecular formula is C7H13NO2. The summed E-state index contributed by atoms with van der Waals surface area (Å²) >= 11 is 0. The highest BCUT2D eigenvalue weighted by atomic mass is 16.6. The SMILES string of the molecule is CCN1CCCCOC1=O. The summed E-state index contributed by atoms with van der Waals surface area (Å²) in [4.78, 5) is 12.7. The van der Waals surface area contributed by atoms with Crippen molar-refractivity contribution in [2.24, 2.45) is 0 Å². The standard InChI is InChI=1S/C7H13NO2/c1-2-8-5-3-4-6-10-7(8)9/h2-6H2,1H3. The summed E-state index contributed by atoms with van der Waals surface area (Å²) < 4.78 is 4.89.